The van der Waals surface area contributed by atoms with Gasteiger partial charge in [-0.25, -0.2) is 4.79 Å². The van der Waals surface area contributed by atoms with Gasteiger partial charge >= 0.3 is 5.97 Å². The Balaban J connectivity index is 3.66. The molecule has 0 rings (SSSR count). The number of carbonyl (C=O) groups is 1. The molecule has 0 aromatic carbocycles. The third kappa shape index (κ3) is 10.6. The zero-order valence-electron chi connectivity index (χ0n) is 10.3. The first kappa shape index (κ1) is 14.6. The van der Waals surface area contributed by atoms with Crippen LogP contribution in [0.1, 0.15) is 34.1 Å². The summed E-state index contributed by atoms with van der Waals surface area (Å²) >= 11 is 0. The molecule has 0 spiro atoms. The molecule has 0 atom stereocenters. The van der Waals surface area contributed by atoms with Gasteiger partial charge in [0.25, 0.3) is 0 Å². The molecule has 0 unspecified atom stereocenters. The maximum absolute atomic E-state index is 11.2. The highest BCUT2D eigenvalue weighted by Gasteiger charge is 2.15. The predicted octanol–water partition coefficient (Wildman–Crippen LogP) is 1.76. The Labute approximate surface area is 97.5 Å². The lowest BCUT2D eigenvalue weighted by Gasteiger charge is -2.19. The van der Waals surface area contributed by atoms with E-state index in [1.165, 1.54) is 0 Å². The fourth-order valence-corrected chi connectivity index (χ4v) is 0.769. The Morgan fingerprint density at radius 1 is 1.19 bits per heavy atom. The molecule has 0 saturated heterocycles. The maximum atomic E-state index is 11.2. The second-order valence-corrected chi connectivity index (χ2v) is 4.04. The molecule has 0 saturated carbocycles. The first-order chi connectivity index (χ1) is 7.45. The molecule has 0 aromatic heterocycles. The number of esters is 1. The van der Waals surface area contributed by atoms with Crippen LogP contribution < -0.4 is 0 Å². The van der Waals surface area contributed by atoms with Crippen molar-refractivity contribution in [2.24, 2.45) is 0 Å². The van der Waals surface area contributed by atoms with E-state index in [4.69, 9.17) is 9.47 Å². The SMILES string of the molecule is CCC#CC#CCOCC(=O)OC(C)(C)C. The van der Waals surface area contributed by atoms with Gasteiger partial charge in [0.15, 0.2) is 0 Å². The highest BCUT2D eigenvalue weighted by atomic mass is 16.6. The first-order valence-electron chi connectivity index (χ1n) is 5.21. The van der Waals surface area contributed by atoms with E-state index in [9.17, 15) is 4.79 Å². The average Bonchev–Trinajstić information content (AvgIpc) is 2.13. The molecule has 16 heavy (non-hydrogen) atoms. The molecule has 3 heteroatoms. The standard InChI is InChI=1S/C13H18O3/c1-5-6-7-8-9-10-15-11-12(14)16-13(2,3)4/h5,10-11H2,1-4H3. The zero-order valence-corrected chi connectivity index (χ0v) is 10.3. The first-order valence-corrected chi connectivity index (χ1v) is 5.21. The molecule has 0 aliphatic rings. The molecule has 0 bridgehead atoms. The minimum Gasteiger partial charge on any atom is -0.458 e. The lowest BCUT2D eigenvalue weighted by Crippen LogP contribution is -2.26. The van der Waals surface area contributed by atoms with Crippen molar-refractivity contribution in [3.63, 3.8) is 0 Å². The van der Waals surface area contributed by atoms with Gasteiger partial charge in [0, 0.05) is 6.42 Å². The monoisotopic (exact) mass is 222 g/mol. The van der Waals surface area contributed by atoms with Crippen molar-refractivity contribution >= 4 is 5.97 Å². The van der Waals surface area contributed by atoms with E-state index < -0.39 is 5.60 Å². The fraction of sp³-hybridized carbons (Fsp3) is 0.615. The van der Waals surface area contributed by atoms with E-state index in [1.807, 2.05) is 27.7 Å². The highest BCUT2D eigenvalue weighted by molar-refractivity contribution is 5.71. The van der Waals surface area contributed by atoms with Crippen molar-refractivity contribution in [3.05, 3.63) is 0 Å². The number of hydrogen-bond donors (Lipinski definition) is 0. The number of carbonyl (C=O) groups excluding carboxylic acids is 1. The van der Waals surface area contributed by atoms with Crippen molar-refractivity contribution < 1.29 is 14.3 Å². The summed E-state index contributed by atoms with van der Waals surface area (Å²) in [4.78, 5) is 11.2. The summed E-state index contributed by atoms with van der Waals surface area (Å²) < 4.78 is 10.0. The third-order valence-electron chi connectivity index (χ3n) is 1.23. The van der Waals surface area contributed by atoms with E-state index >= 15 is 0 Å². The molecular weight excluding hydrogens is 204 g/mol. The van der Waals surface area contributed by atoms with Crippen LogP contribution in [0, 0.1) is 23.7 Å². The predicted molar refractivity (Wildman–Crippen MR) is 62.5 cm³/mol. The largest absolute Gasteiger partial charge is 0.458 e. The molecule has 0 N–H and O–H groups in total. The van der Waals surface area contributed by atoms with Crippen LogP contribution in [-0.4, -0.2) is 24.8 Å². The van der Waals surface area contributed by atoms with Gasteiger partial charge in [-0.3, -0.25) is 0 Å². The Morgan fingerprint density at radius 2 is 1.81 bits per heavy atom. The summed E-state index contributed by atoms with van der Waals surface area (Å²) in [7, 11) is 0. The summed E-state index contributed by atoms with van der Waals surface area (Å²) in [5, 5.41) is 0. The normalized spacial score (nSPS) is 9.50. The molecule has 88 valence electrons. The van der Waals surface area contributed by atoms with Crippen molar-refractivity contribution in [2.75, 3.05) is 13.2 Å². The highest BCUT2D eigenvalue weighted by Crippen LogP contribution is 2.06. The summed E-state index contributed by atoms with van der Waals surface area (Å²) in [5.41, 5.74) is -0.473. The van der Waals surface area contributed by atoms with E-state index in [2.05, 4.69) is 23.7 Å². The minimum absolute atomic E-state index is 0.0762. The van der Waals surface area contributed by atoms with Gasteiger partial charge in [-0.15, -0.1) is 0 Å². The Kier molecular flexibility index (Phi) is 7.09. The second kappa shape index (κ2) is 7.79. The van der Waals surface area contributed by atoms with E-state index in [-0.39, 0.29) is 19.2 Å². The lowest BCUT2D eigenvalue weighted by atomic mass is 10.2. The number of rotatable bonds is 3. The van der Waals surface area contributed by atoms with Crippen molar-refractivity contribution in [3.8, 4) is 23.7 Å². The van der Waals surface area contributed by atoms with E-state index in [0.29, 0.717) is 0 Å². The van der Waals surface area contributed by atoms with Gasteiger partial charge in [0.05, 0.1) is 0 Å². The fourth-order valence-electron chi connectivity index (χ4n) is 0.769. The van der Waals surface area contributed by atoms with Crippen molar-refractivity contribution in [1.29, 1.82) is 0 Å². The van der Waals surface area contributed by atoms with Gasteiger partial charge in [-0.05, 0) is 32.6 Å². The van der Waals surface area contributed by atoms with Gasteiger partial charge in [0.1, 0.15) is 18.8 Å². The van der Waals surface area contributed by atoms with Crippen molar-refractivity contribution in [2.45, 2.75) is 39.7 Å². The molecule has 0 radical (unpaired) electrons. The summed E-state index contributed by atoms with van der Waals surface area (Å²) in [6.07, 6.45) is 0.785. The minimum atomic E-state index is -0.473. The molecule has 0 aliphatic carbocycles. The Bertz CT molecular complexity index is 328. The van der Waals surface area contributed by atoms with E-state index in [0.717, 1.165) is 6.42 Å². The van der Waals surface area contributed by atoms with Crippen LogP contribution in [0.25, 0.3) is 0 Å². The Morgan fingerprint density at radius 3 is 2.38 bits per heavy atom. The van der Waals surface area contributed by atoms with Gasteiger partial charge in [-0.1, -0.05) is 18.8 Å². The number of hydrogen-bond acceptors (Lipinski definition) is 3. The summed E-state index contributed by atoms with van der Waals surface area (Å²) in [6.45, 7) is 7.50. The number of ether oxygens (including phenoxy) is 2. The smallest absolute Gasteiger partial charge is 0.332 e. The summed E-state index contributed by atoms with van der Waals surface area (Å²) in [5.74, 6) is 10.4. The van der Waals surface area contributed by atoms with Crippen LogP contribution in [0.4, 0.5) is 0 Å². The summed E-state index contributed by atoms with van der Waals surface area (Å²) in [6, 6.07) is 0. The van der Waals surface area contributed by atoms with E-state index in [1.54, 1.807) is 0 Å². The van der Waals surface area contributed by atoms with Gasteiger partial charge in [0.2, 0.25) is 0 Å². The van der Waals surface area contributed by atoms with Crippen LogP contribution in [0.5, 0.6) is 0 Å². The molecule has 0 aliphatic heterocycles. The molecular formula is C13H18O3. The molecule has 0 heterocycles. The topological polar surface area (TPSA) is 35.5 Å². The van der Waals surface area contributed by atoms with Crippen LogP contribution in [0.15, 0.2) is 0 Å². The maximum Gasteiger partial charge on any atom is 0.332 e. The van der Waals surface area contributed by atoms with Gasteiger partial charge in [-0.2, -0.15) is 0 Å². The van der Waals surface area contributed by atoms with Crippen LogP contribution >= 0.6 is 0 Å². The van der Waals surface area contributed by atoms with Crippen molar-refractivity contribution in [1.82, 2.24) is 0 Å². The average molecular weight is 222 g/mol. The quantitative estimate of drug-likeness (QED) is 0.414. The van der Waals surface area contributed by atoms with Crippen LogP contribution in [-0.2, 0) is 14.3 Å². The third-order valence-corrected chi connectivity index (χ3v) is 1.23. The zero-order chi connectivity index (χ0) is 12.4. The van der Waals surface area contributed by atoms with Gasteiger partial charge < -0.3 is 9.47 Å². The molecule has 3 nitrogen and oxygen atoms in total. The van der Waals surface area contributed by atoms with Crippen LogP contribution in [0.2, 0.25) is 0 Å². The molecule has 0 aromatic rings. The second-order valence-electron chi connectivity index (χ2n) is 4.04. The molecule has 0 amide bonds. The molecule has 0 fully saturated rings. The lowest BCUT2D eigenvalue weighted by molar-refractivity contribution is -0.159. The van der Waals surface area contributed by atoms with Crippen LogP contribution in [0.3, 0.4) is 0 Å². The Hall–Kier alpha value is -1.45.